The van der Waals surface area contributed by atoms with Crippen LogP contribution in [0, 0.1) is 5.82 Å². The summed E-state index contributed by atoms with van der Waals surface area (Å²) in [7, 11) is 0. The van der Waals surface area contributed by atoms with E-state index in [-0.39, 0.29) is 5.82 Å². The third-order valence-electron chi connectivity index (χ3n) is 2.48. The maximum Gasteiger partial charge on any atom is 0.127 e. The maximum atomic E-state index is 13.6. The molecule has 0 aromatic heterocycles. The van der Waals surface area contributed by atoms with Gasteiger partial charge < -0.3 is 0 Å². The summed E-state index contributed by atoms with van der Waals surface area (Å²) in [5.41, 5.74) is 0.740. The number of halogens is 3. The van der Waals surface area contributed by atoms with Crippen molar-refractivity contribution in [3.05, 3.63) is 34.1 Å². The molecule has 0 amide bonds. The monoisotopic (exact) mass is 351 g/mol. The first kappa shape index (κ1) is 14.1. The lowest BCUT2D eigenvalue weighted by atomic mass is 10.2. The number of hydrogen-bond donors (Lipinski definition) is 0. The smallest absolute Gasteiger partial charge is 0.127 e. The molecule has 0 radical (unpaired) electrons. The van der Waals surface area contributed by atoms with E-state index in [1.807, 2.05) is 6.07 Å². The van der Waals surface area contributed by atoms with E-state index < -0.39 is 0 Å². The number of hydrogen-bond acceptors (Lipinski definition) is 1. The highest BCUT2D eigenvalue weighted by molar-refractivity contribution is 9.10. The molecule has 0 saturated heterocycles. The lowest BCUT2D eigenvalue weighted by Crippen LogP contribution is -2.32. The molecule has 0 aliphatic heterocycles. The van der Waals surface area contributed by atoms with Crippen LogP contribution in [0.15, 0.2) is 22.7 Å². The van der Waals surface area contributed by atoms with Crippen LogP contribution in [0.2, 0.25) is 0 Å². The quantitative estimate of drug-likeness (QED) is 0.718. The highest BCUT2D eigenvalue weighted by Gasteiger charge is 2.12. The highest BCUT2D eigenvalue weighted by Crippen LogP contribution is 2.18. The molecule has 1 aromatic rings. The van der Waals surface area contributed by atoms with Crippen molar-refractivity contribution in [2.24, 2.45) is 0 Å². The van der Waals surface area contributed by atoms with E-state index in [9.17, 15) is 4.39 Å². The van der Waals surface area contributed by atoms with Gasteiger partial charge in [0.2, 0.25) is 0 Å². The Morgan fingerprint density at radius 3 is 2.62 bits per heavy atom. The summed E-state index contributed by atoms with van der Waals surface area (Å²) in [6.07, 6.45) is 0. The van der Waals surface area contributed by atoms with Gasteiger partial charge in [-0.15, -0.1) is 0 Å². The van der Waals surface area contributed by atoms with Crippen molar-refractivity contribution >= 4 is 31.9 Å². The van der Waals surface area contributed by atoms with Gasteiger partial charge in [0.25, 0.3) is 0 Å². The molecular formula is C12H16Br2FN. The zero-order chi connectivity index (χ0) is 12.1. The first-order valence-corrected chi connectivity index (χ1v) is 7.20. The van der Waals surface area contributed by atoms with Crippen molar-refractivity contribution in [2.45, 2.75) is 26.4 Å². The molecule has 0 unspecified atom stereocenters. The molecule has 1 aromatic carbocycles. The largest absolute Gasteiger partial charge is 0.296 e. The molecule has 0 N–H and O–H groups in total. The van der Waals surface area contributed by atoms with Gasteiger partial charge in [0.15, 0.2) is 0 Å². The molecule has 0 bridgehead atoms. The molecule has 1 nitrogen and oxygen atoms in total. The Balaban J connectivity index is 2.80. The van der Waals surface area contributed by atoms with E-state index in [1.165, 1.54) is 6.07 Å². The van der Waals surface area contributed by atoms with E-state index in [0.717, 1.165) is 21.9 Å². The summed E-state index contributed by atoms with van der Waals surface area (Å²) in [6, 6.07) is 5.49. The SMILES string of the molecule is CC(C)N(CCBr)Cc1cc(Br)ccc1F. The van der Waals surface area contributed by atoms with Gasteiger partial charge >= 0.3 is 0 Å². The third kappa shape index (κ3) is 4.15. The topological polar surface area (TPSA) is 3.24 Å². The normalized spacial score (nSPS) is 11.4. The summed E-state index contributed by atoms with van der Waals surface area (Å²) in [5.74, 6) is -0.136. The predicted molar refractivity (Wildman–Crippen MR) is 73.4 cm³/mol. The molecule has 0 aliphatic carbocycles. The van der Waals surface area contributed by atoms with E-state index >= 15 is 0 Å². The van der Waals surface area contributed by atoms with Crippen LogP contribution in [0.4, 0.5) is 4.39 Å². The minimum absolute atomic E-state index is 0.136. The van der Waals surface area contributed by atoms with Gasteiger partial charge in [0, 0.05) is 34.5 Å². The van der Waals surface area contributed by atoms with Crippen molar-refractivity contribution in [3.8, 4) is 0 Å². The molecular weight excluding hydrogens is 337 g/mol. The number of nitrogens with zero attached hydrogens (tertiary/aromatic N) is 1. The first-order chi connectivity index (χ1) is 7.54. The van der Waals surface area contributed by atoms with Crippen molar-refractivity contribution in [1.82, 2.24) is 4.90 Å². The molecule has 4 heteroatoms. The second kappa shape index (κ2) is 6.72. The molecule has 0 atom stereocenters. The summed E-state index contributed by atoms with van der Waals surface area (Å²) in [6.45, 7) is 5.81. The predicted octanol–water partition coefficient (Wildman–Crippen LogP) is 4.19. The molecule has 1 rings (SSSR count). The molecule has 0 aliphatic rings. The van der Waals surface area contributed by atoms with E-state index in [2.05, 4.69) is 50.6 Å². The lowest BCUT2D eigenvalue weighted by Gasteiger charge is -2.25. The average Bonchev–Trinajstić information content (AvgIpc) is 2.22. The van der Waals surface area contributed by atoms with Gasteiger partial charge in [-0.05, 0) is 32.0 Å². The van der Waals surface area contributed by atoms with Crippen molar-refractivity contribution < 1.29 is 4.39 Å². The zero-order valence-electron chi connectivity index (χ0n) is 9.51. The number of benzene rings is 1. The standard InChI is InChI=1S/C12H16Br2FN/c1-9(2)16(6-5-13)8-10-7-11(14)3-4-12(10)15/h3-4,7,9H,5-6,8H2,1-2H3. The van der Waals surface area contributed by atoms with E-state index in [0.29, 0.717) is 12.6 Å². The molecule has 0 fully saturated rings. The molecule has 0 spiro atoms. The second-order valence-corrected chi connectivity index (χ2v) is 5.70. The van der Waals surface area contributed by atoms with Crippen molar-refractivity contribution in [2.75, 3.05) is 11.9 Å². The Kier molecular flexibility index (Phi) is 5.94. The lowest BCUT2D eigenvalue weighted by molar-refractivity contribution is 0.224. The van der Waals surface area contributed by atoms with E-state index in [4.69, 9.17) is 0 Å². The Hall–Kier alpha value is 0.0700. The summed E-state index contributed by atoms with van der Waals surface area (Å²) < 4.78 is 14.5. The average molecular weight is 353 g/mol. The molecule has 0 heterocycles. The van der Waals surface area contributed by atoms with Crippen LogP contribution >= 0.6 is 31.9 Å². The number of alkyl halides is 1. The highest BCUT2D eigenvalue weighted by atomic mass is 79.9. The Morgan fingerprint density at radius 1 is 1.38 bits per heavy atom. The van der Waals surface area contributed by atoms with Gasteiger partial charge in [-0.3, -0.25) is 4.90 Å². The fourth-order valence-corrected chi connectivity index (χ4v) is 2.38. The zero-order valence-corrected chi connectivity index (χ0v) is 12.7. The molecule has 90 valence electrons. The fourth-order valence-electron chi connectivity index (χ4n) is 1.51. The van der Waals surface area contributed by atoms with Crippen LogP contribution in [0.25, 0.3) is 0 Å². The molecule has 0 saturated carbocycles. The number of rotatable bonds is 5. The Bertz CT molecular complexity index is 342. The summed E-state index contributed by atoms with van der Waals surface area (Å²) in [5, 5.41) is 0.904. The van der Waals surface area contributed by atoms with Crippen LogP contribution in [0.3, 0.4) is 0 Å². The van der Waals surface area contributed by atoms with Crippen LogP contribution in [-0.4, -0.2) is 22.8 Å². The van der Waals surface area contributed by atoms with Crippen LogP contribution in [0.5, 0.6) is 0 Å². The van der Waals surface area contributed by atoms with Crippen molar-refractivity contribution in [1.29, 1.82) is 0 Å². The molecule has 16 heavy (non-hydrogen) atoms. The maximum absolute atomic E-state index is 13.6. The third-order valence-corrected chi connectivity index (χ3v) is 3.33. The fraction of sp³-hybridized carbons (Fsp3) is 0.500. The van der Waals surface area contributed by atoms with Crippen LogP contribution in [0.1, 0.15) is 19.4 Å². The van der Waals surface area contributed by atoms with Crippen LogP contribution in [-0.2, 0) is 6.54 Å². The summed E-state index contributed by atoms with van der Waals surface area (Å²) >= 11 is 6.79. The van der Waals surface area contributed by atoms with Gasteiger partial charge in [0.05, 0.1) is 0 Å². The van der Waals surface area contributed by atoms with Gasteiger partial charge in [-0.1, -0.05) is 31.9 Å². The summed E-state index contributed by atoms with van der Waals surface area (Å²) in [4.78, 5) is 2.24. The minimum Gasteiger partial charge on any atom is -0.296 e. The minimum atomic E-state index is -0.136. The van der Waals surface area contributed by atoms with Crippen LogP contribution < -0.4 is 0 Å². The van der Waals surface area contributed by atoms with Gasteiger partial charge in [-0.25, -0.2) is 4.39 Å². The first-order valence-electron chi connectivity index (χ1n) is 5.28. The second-order valence-electron chi connectivity index (χ2n) is 3.99. The van der Waals surface area contributed by atoms with Gasteiger partial charge in [0.1, 0.15) is 5.82 Å². The Labute approximate surface area is 113 Å². The van der Waals surface area contributed by atoms with E-state index in [1.54, 1.807) is 6.07 Å². The van der Waals surface area contributed by atoms with Gasteiger partial charge in [-0.2, -0.15) is 0 Å². The Morgan fingerprint density at radius 2 is 2.06 bits per heavy atom. The van der Waals surface area contributed by atoms with Crippen molar-refractivity contribution in [3.63, 3.8) is 0 Å².